The van der Waals surface area contributed by atoms with Gasteiger partial charge in [-0.25, -0.2) is 0 Å². The topological polar surface area (TPSA) is 54.8 Å². The Morgan fingerprint density at radius 3 is 3.12 bits per heavy atom. The number of aromatic nitrogens is 1. The van der Waals surface area contributed by atoms with Crippen molar-refractivity contribution >= 4 is 11.6 Å². The van der Waals surface area contributed by atoms with Crippen molar-refractivity contribution in [3.05, 3.63) is 30.1 Å². The van der Waals surface area contributed by atoms with Crippen LogP contribution in [0.4, 0.5) is 0 Å². The van der Waals surface area contributed by atoms with Gasteiger partial charge in [0.25, 0.3) is 0 Å². The van der Waals surface area contributed by atoms with Crippen molar-refractivity contribution in [3.8, 4) is 0 Å². The van der Waals surface area contributed by atoms with E-state index in [4.69, 9.17) is 4.84 Å². The highest BCUT2D eigenvalue weighted by Crippen LogP contribution is 2.11. The Kier molecular flexibility index (Phi) is 3.69. The van der Waals surface area contributed by atoms with E-state index in [0.29, 0.717) is 13.0 Å². The lowest BCUT2D eigenvalue weighted by atomic mass is 10.2. The third-order valence-corrected chi connectivity index (χ3v) is 2.71. The van der Waals surface area contributed by atoms with E-state index in [9.17, 15) is 4.79 Å². The molecule has 5 heteroatoms. The molecule has 1 aromatic rings. The number of hydrogen-bond donors (Lipinski definition) is 0. The predicted octanol–water partition coefficient (Wildman–Crippen LogP) is 1.05. The number of amides is 1. The van der Waals surface area contributed by atoms with Crippen LogP contribution >= 0.6 is 0 Å². The standard InChI is InChI=1S/C12H15N3O2/c1-17-14-11(10-4-2-6-13-8-10)9-15-7-3-5-12(15)16/h2,4,6,8H,3,5,7,9H2,1H3. The predicted molar refractivity (Wildman–Crippen MR) is 63.6 cm³/mol. The van der Waals surface area contributed by atoms with E-state index in [0.717, 1.165) is 24.2 Å². The molecule has 0 unspecified atom stereocenters. The third-order valence-electron chi connectivity index (χ3n) is 2.71. The molecule has 0 bridgehead atoms. The first-order valence-corrected chi connectivity index (χ1v) is 5.59. The zero-order valence-electron chi connectivity index (χ0n) is 9.80. The fourth-order valence-electron chi connectivity index (χ4n) is 1.87. The van der Waals surface area contributed by atoms with Gasteiger partial charge in [0, 0.05) is 30.9 Å². The molecule has 0 aliphatic carbocycles. The second-order valence-corrected chi connectivity index (χ2v) is 3.88. The van der Waals surface area contributed by atoms with Gasteiger partial charge in [-0.2, -0.15) is 0 Å². The minimum absolute atomic E-state index is 0.178. The minimum Gasteiger partial charge on any atom is -0.399 e. The maximum absolute atomic E-state index is 11.6. The van der Waals surface area contributed by atoms with E-state index < -0.39 is 0 Å². The second kappa shape index (κ2) is 5.43. The third kappa shape index (κ3) is 2.81. The van der Waals surface area contributed by atoms with Gasteiger partial charge in [0.05, 0.1) is 6.54 Å². The van der Waals surface area contributed by atoms with Crippen LogP contribution in [0, 0.1) is 0 Å². The Morgan fingerprint density at radius 1 is 1.65 bits per heavy atom. The molecule has 2 heterocycles. The molecule has 1 aliphatic heterocycles. The van der Waals surface area contributed by atoms with Gasteiger partial charge < -0.3 is 9.74 Å². The molecule has 0 N–H and O–H groups in total. The summed E-state index contributed by atoms with van der Waals surface area (Å²) in [7, 11) is 1.50. The van der Waals surface area contributed by atoms with Gasteiger partial charge >= 0.3 is 0 Å². The van der Waals surface area contributed by atoms with E-state index in [-0.39, 0.29) is 5.91 Å². The van der Waals surface area contributed by atoms with Crippen LogP contribution in [-0.2, 0) is 9.63 Å². The summed E-state index contributed by atoms with van der Waals surface area (Å²) in [4.78, 5) is 22.2. The SMILES string of the molecule is CON=C(CN1CCCC1=O)c1cccnc1. The summed E-state index contributed by atoms with van der Waals surface area (Å²) < 4.78 is 0. The molecule has 0 saturated carbocycles. The zero-order chi connectivity index (χ0) is 12.1. The van der Waals surface area contributed by atoms with Crippen molar-refractivity contribution in [2.45, 2.75) is 12.8 Å². The average Bonchev–Trinajstić information content (AvgIpc) is 2.76. The number of carbonyl (C=O) groups is 1. The Morgan fingerprint density at radius 2 is 2.53 bits per heavy atom. The van der Waals surface area contributed by atoms with Gasteiger partial charge in [0.15, 0.2) is 0 Å². The van der Waals surface area contributed by atoms with Crippen LogP contribution in [0.2, 0.25) is 0 Å². The lowest BCUT2D eigenvalue weighted by Gasteiger charge is -2.16. The molecule has 1 amide bonds. The zero-order valence-corrected chi connectivity index (χ0v) is 9.80. The first kappa shape index (κ1) is 11.6. The number of carbonyl (C=O) groups excluding carboxylic acids is 1. The fraction of sp³-hybridized carbons (Fsp3) is 0.417. The number of rotatable bonds is 4. The highest BCUT2D eigenvalue weighted by atomic mass is 16.6. The van der Waals surface area contributed by atoms with Crippen LogP contribution in [-0.4, -0.2) is 41.7 Å². The van der Waals surface area contributed by atoms with E-state index in [1.807, 2.05) is 12.1 Å². The van der Waals surface area contributed by atoms with Crippen molar-refractivity contribution in [1.29, 1.82) is 0 Å². The van der Waals surface area contributed by atoms with Crippen LogP contribution in [0.5, 0.6) is 0 Å². The summed E-state index contributed by atoms with van der Waals surface area (Å²) in [5.41, 5.74) is 1.62. The molecule has 0 radical (unpaired) electrons. The molecule has 2 rings (SSSR count). The Bertz CT molecular complexity index is 417. The molecule has 1 aromatic heterocycles. The van der Waals surface area contributed by atoms with E-state index in [1.54, 1.807) is 17.3 Å². The summed E-state index contributed by atoms with van der Waals surface area (Å²) in [5.74, 6) is 0.178. The molecular formula is C12H15N3O2. The monoisotopic (exact) mass is 233 g/mol. The summed E-state index contributed by atoms with van der Waals surface area (Å²) >= 11 is 0. The van der Waals surface area contributed by atoms with Gasteiger partial charge in [0.1, 0.15) is 12.8 Å². The Hall–Kier alpha value is -1.91. The highest BCUT2D eigenvalue weighted by molar-refractivity contribution is 6.03. The summed E-state index contributed by atoms with van der Waals surface area (Å²) in [5, 5.41) is 3.98. The smallest absolute Gasteiger partial charge is 0.222 e. The van der Waals surface area contributed by atoms with Crippen molar-refractivity contribution in [2.75, 3.05) is 20.2 Å². The molecule has 5 nitrogen and oxygen atoms in total. The normalized spacial score (nSPS) is 16.4. The first-order chi connectivity index (χ1) is 8.31. The molecule has 1 saturated heterocycles. The van der Waals surface area contributed by atoms with Crippen LogP contribution in [0.15, 0.2) is 29.7 Å². The lowest BCUT2D eigenvalue weighted by Crippen LogP contribution is -2.31. The fourth-order valence-corrected chi connectivity index (χ4v) is 1.87. The molecular weight excluding hydrogens is 218 g/mol. The maximum Gasteiger partial charge on any atom is 0.222 e. The van der Waals surface area contributed by atoms with Crippen LogP contribution in [0.1, 0.15) is 18.4 Å². The quantitative estimate of drug-likeness (QED) is 0.577. The van der Waals surface area contributed by atoms with Crippen LogP contribution < -0.4 is 0 Å². The van der Waals surface area contributed by atoms with Crippen LogP contribution in [0.3, 0.4) is 0 Å². The van der Waals surface area contributed by atoms with E-state index in [1.165, 1.54) is 7.11 Å². The highest BCUT2D eigenvalue weighted by Gasteiger charge is 2.22. The Balaban J connectivity index is 2.14. The molecule has 1 aliphatic rings. The number of oxime groups is 1. The van der Waals surface area contributed by atoms with Gasteiger partial charge in [0.2, 0.25) is 5.91 Å². The largest absolute Gasteiger partial charge is 0.399 e. The second-order valence-electron chi connectivity index (χ2n) is 3.88. The van der Waals surface area contributed by atoms with Crippen molar-refractivity contribution < 1.29 is 9.63 Å². The van der Waals surface area contributed by atoms with Gasteiger partial charge in [-0.1, -0.05) is 5.16 Å². The van der Waals surface area contributed by atoms with Gasteiger partial charge in [-0.15, -0.1) is 0 Å². The molecule has 17 heavy (non-hydrogen) atoms. The van der Waals surface area contributed by atoms with E-state index >= 15 is 0 Å². The number of nitrogens with zero attached hydrogens (tertiary/aromatic N) is 3. The molecule has 90 valence electrons. The number of pyridine rings is 1. The number of likely N-dealkylation sites (tertiary alicyclic amines) is 1. The molecule has 0 spiro atoms. The first-order valence-electron chi connectivity index (χ1n) is 5.59. The minimum atomic E-state index is 0.178. The van der Waals surface area contributed by atoms with E-state index in [2.05, 4.69) is 10.1 Å². The molecule has 1 fully saturated rings. The summed E-state index contributed by atoms with van der Waals surface area (Å²) in [6.45, 7) is 1.28. The molecule has 0 atom stereocenters. The maximum atomic E-state index is 11.6. The number of hydrogen-bond acceptors (Lipinski definition) is 4. The van der Waals surface area contributed by atoms with Crippen molar-refractivity contribution in [3.63, 3.8) is 0 Å². The van der Waals surface area contributed by atoms with Crippen molar-refractivity contribution in [1.82, 2.24) is 9.88 Å². The van der Waals surface area contributed by atoms with Crippen molar-refractivity contribution in [2.24, 2.45) is 5.16 Å². The average molecular weight is 233 g/mol. The molecule has 0 aromatic carbocycles. The van der Waals surface area contributed by atoms with Gasteiger partial charge in [-0.05, 0) is 18.6 Å². The summed E-state index contributed by atoms with van der Waals surface area (Å²) in [6, 6.07) is 3.75. The summed E-state index contributed by atoms with van der Waals surface area (Å²) in [6.07, 6.45) is 4.98. The Labute approximate surface area is 100 Å². The van der Waals surface area contributed by atoms with Crippen LogP contribution in [0.25, 0.3) is 0 Å². The lowest BCUT2D eigenvalue weighted by molar-refractivity contribution is -0.127. The van der Waals surface area contributed by atoms with Gasteiger partial charge in [-0.3, -0.25) is 9.78 Å².